The van der Waals surface area contributed by atoms with E-state index in [-0.39, 0.29) is 12.8 Å². The molecule has 8 nitrogen and oxygen atoms in total. The van der Waals surface area contributed by atoms with E-state index in [1.165, 1.54) is 0 Å². The number of amides is 1. The lowest BCUT2D eigenvalue weighted by atomic mass is 10.1. The van der Waals surface area contributed by atoms with Crippen LogP contribution in [0.15, 0.2) is 0 Å². The average molecular weight is 240 g/mol. The van der Waals surface area contributed by atoms with Gasteiger partial charge in [0.2, 0.25) is 5.91 Å². The highest BCUT2D eigenvalue weighted by molar-refractivity contribution is 7.85. The van der Waals surface area contributed by atoms with Crippen LogP contribution in [-0.2, 0) is 19.7 Å². The van der Waals surface area contributed by atoms with E-state index in [9.17, 15) is 18.0 Å². The van der Waals surface area contributed by atoms with Crippen LogP contribution in [0, 0.1) is 0 Å². The maximum absolute atomic E-state index is 11.0. The number of carbonyl (C=O) groups excluding carboxylic acids is 1. The van der Waals surface area contributed by atoms with Gasteiger partial charge < -0.3 is 16.2 Å². The summed E-state index contributed by atoms with van der Waals surface area (Å²) in [7, 11) is -4.29. The molecule has 0 bridgehead atoms. The third-order valence-electron chi connectivity index (χ3n) is 1.43. The summed E-state index contributed by atoms with van der Waals surface area (Å²) >= 11 is 0. The topological polar surface area (TPSA) is 147 Å². The molecule has 0 fully saturated rings. The standard InChI is InChI=1S/C6H12N2O6S/c7-4(1-2-5(9)10)6(11)8-3-15(12,13)14/h4H,1-3,7H2,(H,8,11)(H,9,10)(H,12,13,14)/t4-/m1/s1. The van der Waals surface area contributed by atoms with Gasteiger partial charge in [0, 0.05) is 6.42 Å². The quantitative estimate of drug-likeness (QED) is 0.398. The van der Waals surface area contributed by atoms with Gasteiger partial charge in [0.1, 0.15) is 5.88 Å². The summed E-state index contributed by atoms with van der Waals surface area (Å²) in [6.45, 7) is 0. The summed E-state index contributed by atoms with van der Waals surface area (Å²) < 4.78 is 28.7. The van der Waals surface area contributed by atoms with Gasteiger partial charge in [-0.05, 0) is 6.42 Å². The van der Waals surface area contributed by atoms with Crippen LogP contribution in [0.4, 0.5) is 0 Å². The van der Waals surface area contributed by atoms with Crippen molar-refractivity contribution in [1.82, 2.24) is 5.32 Å². The van der Waals surface area contributed by atoms with Crippen molar-refractivity contribution in [2.75, 3.05) is 5.88 Å². The summed E-state index contributed by atoms with van der Waals surface area (Å²) in [5.74, 6) is -2.87. The molecule has 15 heavy (non-hydrogen) atoms. The summed E-state index contributed by atoms with van der Waals surface area (Å²) in [4.78, 5) is 21.1. The molecule has 0 aliphatic rings. The highest BCUT2D eigenvalue weighted by Crippen LogP contribution is 1.94. The SMILES string of the molecule is N[C@H](CCC(=O)O)C(=O)NCS(=O)(=O)O. The second-order valence-electron chi connectivity index (χ2n) is 2.81. The Labute approximate surface area is 86.2 Å². The van der Waals surface area contributed by atoms with E-state index in [1.54, 1.807) is 0 Å². The Morgan fingerprint density at radius 2 is 1.93 bits per heavy atom. The number of rotatable bonds is 6. The molecule has 0 saturated carbocycles. The molecule has 1 amide bonds. The van der Waals surface area contributed by atoms with Crippen molar-refractivity contribution in [3.63, 3.8) is 0 Å². The highest BCUT2D eigenvalue weighted by atomic mass is 32.2. The normalized spacial score (nSPS) is 13.2. The van der Waals surface area contributed by atoms with E-state index in [2.05, 4.69) is 0 Å². The second-order valence-corrected chi connectivity index (χ2v) is 4.26. The average Bonchev–Trinajstić information content (AvgIpc) is 2.08. The van der Waals surface area contributed by atoms with E-state index in [0.29, 0.717) is 0 Å². The Kier molecular flexibility index (Phi) is 5.19. The first-order chi connectivity index (χ1) is 6.72. The van der Waals surface area contributed by atoms with Crippen LogP contribution >= 0.6 is 0 Å². The van der Waals surface area contributed by atoms with Crippen molar-refractivity contribution in [2.24, 2.45) is 5.73 Å². The Morgan fingerprint density at radius 3 is 2.33 bits per heavy atom. The molecule has 0 aliphatic heterocycles. The zero-order valence-electron chi connectivity index (χ0n) is 7.71. The zero-order valence-corrected chi connectivity index (χ0v) is 8.53. The van der Waals surface area contributed by atoms with Gasteiger partial charge in [0.15, 0.2) is 0 Å². The van der Waals surface area contributed by atoms with Gasteiger partial charge in [-0.2, -0.15) is 8.42 Å². The van der Waals surface area contributed by atoms with Crippen LogP contribution in [0.2, 0.25) is 0 Å². The first-order valence-corrected chi connectivity index (χ1v) is 5.53. The van der Waals surface area contributed by atoms with Crippen LogP contribution in [0.5, 0.6) is 0 Å². The smallest absolute Gasteiger partial charge is 0.303 e. The first kappa shape index (κ1) is 13.8. The Bertz CT molecular complexity index is 338. The summed E-state index contributed by atoms with van der Waals surface area (Å²) in [5, 5.41) is 10.1. The molecule has 0 aromatic rings. The van der Waals surface area contributed by atoms with E-state index in [0.717, 1.165) is 0 Å². The van der Waals surface area contributed by atoms with Gasteiger partial charge in [-0.1, -0.05) is 0 Å². The fourth-order valence-corrected chi connectivity index (χ4v) is 1.03. The van der Waals surface area contributed by atoms with E-state index < -0.39 is 33.9 Å². The number of hydrogen-bond acceptors (Lipinski definition) is 5. The number of hydrogen-bond donors (Lipinski definition) is 4. The minimum Gasteiger partial charge on any atom is -0.481 e. The van der Waals surface area contributed by atoms with Crippen LogP contribution in [0.25, 0.3) is 0 Å². The fraction of sp³-hybridized carbons (Fsp3) is 0.667. The Morgan fingerprint density at radius 1 is 1.40 bits per heavy atom. The molecule has 1 atom stereocenters. The molecular formula is C6H12N2O6S. The lowest BCUT2D eigenvalue weighted by Crippen LogP contribution is -2.42. The van der Waals surface area contributed by atoms with Gasteiger partial charge in [-0.25, -0.2) is 0 Å². The third kappa shape index (κ3) is 7.85. The number of nitrogens with two attached hydrogens (primary N) is 1. The first-order valence-electron chi connectivity index (χ1n) is 3.92. The van der Waals surface area contributed by atoms with Crippen molar-refractivity contribution in [2.45, 2.75) is 18.9 Å². The maximum Gasteiger partial charge on any atom is 0.303 e. The van der Waals surface area contributed by atoms with Crippen LogP contribution < -0.4 is 11.1 Å². The van der Waals surface area contributed by atoms with Crippen LogP contribution in [0.3, 0.4) is 0 Å². The van der Waals surface area contributed by atoms with Crippen molar-refractivity contribution >= 4 is 22.0 Å². The maximum atomic E-state index is 11.0. The molecule has 0 unspecified atom stereocenters. The number of nitrogens with one attached hydrogen (secondary N) is 1. The number of carboxylic acids is 1. The lowest BCUT2D eigenvalue weighted by Gasteiger charge is -2.09. The van der Waals surface area contributed by atoms with Gasteiger partial charge in [0.25, 0.3) is 10.1 Å². The summed E-state index contributed by atoms with van der Waals surface area (Å²) in [6.07, 6.45) is -0.396. The molecular weight excluding hydrogens is 228 g/mol. The van der Waals surface area contributed by atoms with E-state index in [1.807, 2.05) is 5.32 Å². The summed E-state index contributed by atoms with van der Waals surface area (Å²) in [5.41, 5.74) is 5.24. The number of carbonyl (C=O) groups is 2. The van der Waals surface area contributed by atoms with E-state index >= 15 is 0 Å². The van der Waals surface area contributed by atoms with Crippen LogP contribution in [0.1, 0.15) is 12.8 Å². The molecule has 0 aromatic carbocycles. The fourth-order valence-electron chi connectivity index (χ4n) is 0.703. The van der Waals surface area contributed by atoms with Crippen molar-refractivity contribution < 1.29 is 27.7 Å². The van der Waals surface area contributed by atoms with Crippen molar-refractivity contribution in [1.29, 1.82) is 0 Å². The highest BCUT2D eigenvalue weighted by Gasteiger charge is 2.16. The van der Waals surface area contributed by atoms with E-state index in [4.69, 9.17) is 15.4 Å². The number of carboxylic acid groups (broad SMARTS) is 1. The zero-order chi connectivity index (χ0) is 12.1. The largest absolute Gasteiger partial charge is 0.481 e. The molecule has 0 saturated heterocycles. The molecule has 0 aromatic heterocycles. The van der Waals surface area contributed by atoms with Crippen molar-refractivity contribution in [3.8, 4) is 0 Å². The summed E-state index contributed by atoms with van der Waals surface area (Å²) in [6, 6.07) is -1.11. The Hall–Kier alpha value is -1.19. The molecule has 9 heteroatoms. The van der Waals surface area contributed by atoms with Gasteiger partial charge in [0.05, 0.1) is 6.04 Å². The van der Waals surface area contributed by atoms with Gasteiger partial charge in [-0.15, -0.1) is 0 Å². The molecule has 5 N–H and O–H groups in total. The van der Waals surface area contributed by atoms with Gasteiger partial charge in [-0.3, -0.25) is 14.1 Å². The molecule has 0 rings (SSSR count). The minimum absolute atomic E-state index is 0.105. The predicted octanol–water partition coefficient (Wildman–Crippen LogP) is -1.86. The molecule has 0 spiro atoms. The monoisotopic (exact) mass is 240 g/mol. The van der Waals surface area contributed by atoms with Gasteiger partial charge >= 0.3 is 5.97 Å². The Balaban J connectivity index is 3.95. The predicted molar refractivity (Wildman–Crippen MR) is 49.4 cm³/mol. The second kappa shape index (κ2) is 5.63. The molecule has 88 valence electrons. The number of aliphatic carboxylic acids is 1. The lowest BCUT2D eigenvalue weighted by molar-refractivity contribution is -0.137. The third-order valence-corrected chi connectivity index (χ3v) is 1.94. The minimum atomic E-state index is -4.29. The molecule has 0 radical (unpaired) electrons. The molecule has 0 aliphatic carbocycles. The van der Waals surface area contributed by atoms with Crippen molar-refractivity contribution in [3.05, 3.63) is 0 Å². The molecule has 0 heterocycles. The van der Waals surface area contributed by atoms with Crippen LogP contribution in [-0.4, -0.2) is 41.9 Å².